The molecule has 0 saturated carbocycles. The summed E-state index contributed by atoms with van der Waals surface area (Å²) in [5, 5.41) is 2.14. The molecule has 0 radical (unpaired) electrons. The molecule has 3 rings (SSSR count). The van der Waals surface area contributed by atoms with Crippen molar-refractivity contribution >= 4 is 53.3 Å². The Kier molecular flexibility index (Phi) is 10.1. The molecule has 2 aliphatic rings. The maximum absolute atomic E-state index is 12.9. The Morgan fingerprint density at radius 3 is 2.34 bits per heavy atom. The third-order valence-corrected chi connectivity index (χ3v) is 5.87. The number of piperazine rings is 1. The number of rotatable bonds is 6. The summed E-state index contributed by atoms with van der Waals surface area (Å²) in [5.74, 6) is -0.504. The molecule has 2 saturated heterocycles. The van der Waals surface area contributed by atoms with Gasteiger partial charge in [0.1, 0.15) is 0 Å². The molecule has 164 valence electrons. The fraction of sp³-hybridized carbons (Fsp3) is 0.556. The van der Waals surface area contributed by atoms with Gasteiger partial charge in [0.2, 0.25) is 0 Å². The van der Waals surface area contributed by atoms with Crippen molar-refractivity contribution in [3.8, 4) is 0 Å². The van der Waals surface area contributed by atoms with Crippen LogP contribution in [-0.4, -0.2) is 54.0 Å². The topological polar surface area (TPSA) is 52.7 Å². The quantitative estimate of drug-likeness (QED) is 0.505. The number of nitrogens with one attached hydrogen (secondary N) is 1. The van der Waals surface area contributed by atoms with Gasteiger partial charge in [0.15, 0.2) is 0 Å². The maximum atomic E-state index is 12.9. The van der Waals surface area contributed by atoms with Gasteiger partial charge in [-0.2, -0.15) is 13.2 Å². The van der Waals surface area contributed by atoms with Gasteiger partial charge < -0.3 is 10.2 Å². The number of benzene rings is 1. The third-order valence-electron chi connectivity index (χ3n) is 4.83. The molecule has 1 aromatic carbocycles. The van der Waals surface area contributed by atoms with E-state index in [9.17, 15) is 22.8 Å². The molecule has 5 nitrogen and oxygen atoms in total. The molecule has 0 bridgehead atoms. The van der Waals surface area contributed by atoms with E-state index in [-0.39, 0.29) is 30.2 Å². The Morgan fingerprint density at radius 2 is 1.76 bits per heavy atom. The van der Waals surface area contributed by atoms with Crippen LogP contribution in [0.5, 0.6) is 0 Å². The fourth-order valence-corrected chi connectivity index (χ4v) is 4.20. The minimum absolute atomic E-state index is 0. The number of alkyl halides is 3. The highest BCUT2D eigenvalue weighted by Gasteiger charge is 2.31. The first kappa shape index (κ1) is 25.9. The zero-order valence-electron chi connectivity index (χ0n) is 15.6. The van der Waals surface area contributed by atoms with Gasteiger partial charge in [-0.3, -0.25) is 14.5 Å². The molecule has 2 fully saturated rings. The smallest absolute Gasteiger partial charge is 0.369 e. The minimum Gasteiger partial charge on any atom is -0.369 e. The van der Waals surface area contributed by atoms with Crippen molar-refractivity contribution in [1.82, 2.24) is 10.2 Å². The first-order valence-corrected chi connectivity index (χ1v) is 9.87. The predicted molar refractivity (Wildman–Crippen MR) is 113 cm³/mol. The SMILES string of the molecule is Cl.Cl.O=C1NC(CCCCN2CCN(c3cccc(C(F)(F)F)c3)CC2)SC1=O. The molecular weight excluding hydrogens is 450 g/mol. The van der Waals surface area contributed by atoms with Crippen LogP contribution in [0.3, 0.4) is 0 Å². The van der Waals surface area contributed by atoms with Crippen molar-refractivity contribution < 1.29 is 22.8 Å². The van der Waals surface area contributed by atoms with Crippen molar-refractivity contribution in [2.45, 2.75) is 30.8 Å². The summed E-state index contributed by atoms with van der Waals surface area (Å²) in [6.45, 7) is 3.93. The Hall–Kier alpha value is -1.16. The number of hydrogen-bond acceptors (Lipinski definition) is 5. The Bertz CT molecular complexity index is 685. The van der Waals surface area contributed by atoms with E-state index < -0.39 is 22.8 Å². The second kappa shape index (κ2) is 11.3. The fourth-order valence-electron chi connectivity index (χ4n) is 3.32. The van der Waals surface area contributed by atoms with Crippen LogP contribution in [-0.2, 0) is 15.8 Å². The molecule has 2 heterocycles. The molecule has 1 unspecified atom stereocenters. The molecular formula is C18H24Cl2F3N3O2S. The first-order chi connectivity index (χ1) is 12.8. The van der Waals surface area contributed by atoms with Gasteiger partial charge in [-0.25, -0.2) is 0 Å². The monoisotopic (exact) mass is 473 g/mol. The highest BCUT2D eigenvalue weighted by molar-refractivity contribution is 8.16. The van der Waals surface area contributed by atoms with Crippen molar-refractivity contribution in [1.29, 1.82) is 0 Å². The number of thioether (sulfide) groups is 1. The first-order valence-electron chi connectivity index (χ1n) is 8.99. The highest BCUT2D eigenvalue weighted by Crippen LogP contribution is 2.32. The van der Waals surface area contributed by atoms with Crippen molar-refractivity contribution in [3.05, 3.63) is 29.8 Å². The standard InChI is InChI=1S/C18H22F3N3O2S.2ClH/c19-18(20,21)13-4-3-5-14(12-13)24-10-8-23(9-11-24)7-2-1-6-15-22-16(25)17(26)27-15;;/h3-5,12,15H,1-2,6-11H2,(H,22,25);2*1H. The molecule has 1 amide bonds. The second-order valence-corrected chi connectivity index (χ2v) is 7.92. The number of unbranched alkanes of at least 4 members (excludes halogenated alkanes) is 1. The van der Waals surface area contributed by atoms with Crippen LogP contribution in [0.4, 0.5) is 18.9 Å². The van der Waals surface area contributed by atoms with Crippen LogP contribution in [0, 0.1) is 0 Å². The highest BCUT2D eigenvalue weighted by atomic mass is 35.5. The van der Waals surface area contributed by atoms with Gasteiger partial charge in [-0.05, 0) is 44.0 Å². The van der Waals surface area contributed by atoms with Crippen LogP contribution < -0.4 is 10.2 Å². The van der Waals surface area contributed by atoms with Gasteiger partial charge in [0.05, 0.1) is 10.9 Å². The van der Waals surface area contributed by atoms with Crippen LogP contribution in [0.15, 0.2) is 24.3 Å². The predicted octanol–water partition coefficient (Wildman–Crippen LogP) is 3.56. The molecule has 1 N–H and O–H groups in total. The number of halogens is 5. The molecule has 1 aromatic rings. The zero-order chi connectivity index (χ0) is 19.4. The summed E-state index contributed by atoms with van der Waals surface area (Å²) in [5.41, 5.74) is 0.000858. The van der Waals surface area contributed by atoms with E-state index in [0.717, 1.165) is 56.7 Å². The van der Waals surface area contributed by atoms with E-state index in [1.54, 1.807) is 6.07 Å². The number of anilines is 1. The molecule has 0 spiro atoms. The summed E-state index contributed by atoms with van der Waals surface area (Å²) in [7, 11) is 0. The summed E-state index contributed by atoms with van der Waals surface area (Å²) in [6, 6.07) is 5.48. The van der Waals surface area contributed by atoms with E-state index in [2.05, 4.69) is 10.2 Å². The third kappa shape index (κ3) is 7.24. The Labute approximate surface area is 184 Å². The van der Waals surface area contributed by atoms with Crippen molar-refractivity contribution in [3.63, 3.8) is 0 Å². The van der Waals surface area contributed by atoms with E-state index in [1.807, 2.05) is 4.90 Å². The second-order valence-electron chi connectivity index (χ2n) is 6.74. The number of carbonyl (C=O) groups is 2. The van der Waals surface area contributed by atoms with Crippen molar-refractivity contribution in [2.75, 3.05) is 37.6 Å². The van der Waals surface area contributed by atoms with E-state index in [1.165, 1.54) is 12.1 Å². The van der Waals surface area contributed by atoms with Gasteiger partial charge in [0, 0.05) is 31.9 Å². The Balaban J connectivity index is 0.00000210. The summed E-state index contributed by atoms with van der Waals surface area (Å²) in [4.78, 5) is 26.6. The maximum Gasteiger partial charge on any atom is 0.416 e. The molecule has 1 atom stereocenters. The number of amides is 1. The van der Waals surface area contributed by atoms with E-state index in [0.29, 0.717) is 18.8 Å². The van der Waals surface area contributed by atoms with E-state index >= 15 is 0 Å². The average Bonchev–Trinajstić information content (AvgIpc) is 2.96. The number of hydrogen-bond donors (Lipinski definition) is 1. The average molecular weight is 474 g/mol. The van der Waals surface area contributed by atoms with Crippen LogP contribution in [0.25, 0.3) is 0 Å². The van der Waals surface area contributed by atoms with Gasteiger partial charge in [-0.15, -0.1) is 24.8 Å². The molecule has 11 heteroatoms. The lowest BCUT2D eigenvalue weighted by atomic mass is 10.1. The molecule has 2 aliphatic heterocycles. The molecule has 0 aromatic heterocycles. The lowest BCUT2D eigenvalue weighted by Crippen LogP contribution is -2.46. The minimum atomic E-state index is -4.32. The molecule has 0 aliphatic carbocycles. The number of nitrogens with zero attached hydrogens (tertiary/aromatic N) is 2. The lowest BCUT2D eigenvalue weighted by molar-refractivity contribution is -0.137. The normalized spacial score (nSPS) is 20.1. The largest absolute Gasteiger partial charge is 0.416 e. The van der Waals surface area contributed by atoms with Gasteiger partial charge >= 0.3 is 6.18 Å². The van der Waals surface area contributed by atoms with Gasteiger partial charge in [-0.1, -0.05) is 17.8 Å². The summed E-state index contributed by atoms with van der Waals surface area (Å²) >= 11 is 1.06. The van der Waals surface area contributed by atoms with Crippen LogP contribution in [0.2, 0.25) is 0 Å². The zero-order valence-corrected chi connectivity index (χ0v) is 18.1. The van der Waals surface area contributed by atoms with E-state index in [4.69, 9.17) is 0 Å². The molecule has 29 heavy (non-hydrogen) atoms. The van der Waals surface area contributed by atoms with Crippen LogP contribution >= 0.6 is 36.6 Å². The van der Waals surface area contributed by atoms with Gasteiger partial charge in [0.25, 0.3) is 11.0 Å². The Morgan fingerprint density at radius 1 is 1.07 bits per heavy atom. The van der Waals surface area contributed by atoms with Crippen molar-refractivity contribution in [2.24, 2.45) is 0 Å². The summed E-state index contributed by atoms with van der Waals surface area (Å²) in [6.07, 6.45) is -1.67. The summed E-state index contributed by atoms with van der Waals surface area (Å²) < 4.78 is 38.6. The lowest BCUT2D eigenvalue weighted by Gasteiger charge is -2.36. The number of carbonyl (C=O) groups excluding carboxylic acids is 2. The van der Waals surface area contributed by atoms with Crippen LogP contribution in [0.1, 0.15) is 24.8 Å².